The molecule has 100 valence electrons. The Balaban J connectivity index is 1.77. The van der Waals surface area contributed by atoms with Crippen LogP contribution in [0.1, 0.15) is 6.92 Å². The van der Waals surface area contributed by atoms with Crippen LogP contribution in [0.3, 0.4) is 0 Å². The predicted octanol–water partition coefficient (Wildman–Crippen LogP) is -0.0261. The van der Waals surface area contributed by atoms with E-state index in [0.717, 1.165) is 13.2 Å². The van der Waals surface area contributed by atoms with Gasteiger partial charge in [-0.2, -0.15) is 4.98 Å². The second-order valence-electron chi connectivity index (χ2n) is 4.85. The van der Waals surface area contributed by atoms with Crippen LogP contribution in [-0.2, 0) is 9.53 Å². The second-order valence-corrected chi connectivity index (χ2v) is 5.79. The average molecular weight is 271 g/mol. The summed E-state index contributed by atoms with van der Waals surface area (Å²) in [6.45, 7) is 4.26. The van der Waals surface area contributed by atoms with Crippen LogP contribution in [0, 0.1) is 5.41 Å². The number of amides is 1. The molecule has 0 radical (unpaired) electrons. The number of nitrogens with two attached hydrogens (primary N) is 1. The molecule has 0 aliphatic carbocycles. The van der Waals surface area contributed by atoms with Gasteiger partial charge in [-0.25, -0.2) is 5.10 Å². The highest BCUT2D eigenvalue weighted by molar-refractivity contribution is 7.99. The molecule has 1 aliphatic heterocycles. The van der Waals surface area contributed by atoms with Crippen molar-refractivity contribution in [1.82, 2.24) is 20.1 Å². The molecule has 0 aromatic carbocycles. The maximum atomic E-state index is 11.9. The Bertz CT molecular complexity index is 432. The standard InChI is InChI=1S/C10H17N5O2S/c1-10(5-17-6-10)4-15(2)7(16)3-18-9-12-8(11)13-14-9/h3-6H2,1-2H3,(H3,11,12,13,14). The zero-order valence-electron chi connectivity index (χ0n) is 10.5. The van der Waals surface area contributed by atoms with Crippen LogP contribution in [0.5, 0.6) is 0 Å². The molecule has 0 unspecified atom stereocenters. The van der Waals surface area contributed by atoms with Gasteiger partial charge in [-0.1, -0.05) is 18.7 Å². The first-order valence-electron chi connectivity index (χ1n) is 5.61. The molecule has 2 heterocycles. The van der Waals surface area contributed by atoms with E-state index in [4.69, 9.17) is 10.5 Å². The summed E-state index contributed by atoms with van der Waals surface area (Å²) in [4.78, 5) is 17.6. The molecule has 1 aromatic rings. The summed E-state index contributed by atoms with van der Waals surface area (Å²) in [5.41, 5.74) is 5.50. The molecule has 1 aromatic heterocycles. The quantitative estimate of drug-likeness (QED) is 0.730. The van der Waals surface area contributed by atoms with Crippen molar-refractivity contribution in [3.05, 3.63) is 0 Å². The Labute approximate surface area is 109 Å². The van der Waals surface area contributed by atoms with E-state index in [2.05, 4.69) is 22.1 Å². The number of carbonyl (C=O) groups excluding carboxylic acids is 1. The van der Waals surface area contributed by atoms with E-state index in [1.165, 1.54) is 11.8 Å². The molecule has 0 saturated carbocycles. The number of aromatic nitrogens is 3. The summed E-state index contributed by atoms with van der Waals surface area (Å²) in [5, 5.41) is 6.89. The molecular formula is C10H17N5O2S. The van der Waals surface area contributed by atoms with Gasteiger partial charge in [0.05, 0.1) is 19.0 Å². The van der Waals surface area contributed by atoms with Crippen LogP contribution in [0.25, 0.3) is 0 Å². The number of nitrogens with one attached hydrogen (secondary N) is 1. The number of ether oxygens (including phenoxy) is 1. The van der Waals surface area contributed by atoms with Crippen molar-refractivity contribution in [2.75, 3.05) is 38.3 Å². The highest BCUT2D eigenvalue weighted by Crippen LogP contribution is 2.27. The maximum absolute atomic E-state index is 11.9. The molecule has 1 fully saturated rings. The van der Waals surface area contributed by atoms with Crippen LogP contribution in [0.4, 0.5) is 5.95 Å². The SMILES string of the molecule is CN(CC1(C)COC1)C(=O)CSc1n[nH]c(N)n1. The van der Waals surface area contributed by atoms with Crippen molar-refractivity contribution >= 4 is 23.6 Å². The minimum Gasteiger partial charge on any atom is -0.380 e. The Morgan fingerprint density at radius 1 is 1.67 bits per heavy atom. The molecule has 2 rings (SSSR count). The summed E-state index contributed by atoms with van der Waals surface area (Å²) in [5.74, 6) is 0.624. The van der Waals surface area contributed by atoms with Crippen LogP contribution in [-0.4, -0.2) is 58.5 Å². The van der Waals surface area contributed by atoms with Gasteiger partial charge in [-0.15, -0.1) is 5.10 Å². The molecule has 3 N–H and O–H groups in total. The lowest BCUT2D eigenvalue weighted by Crippen LogP contribution is -2.49. The first-order chi connectivity index (χ1) is 8.48. The number of nitrogen functional groups attached to an aromatic ring is 1. The van der Waals surface area contributed by atoms with E-state index in [1.807, 2.05) is 0 Å². The van der Waals surface area contributed by atoms with E-state index in [0.29, 0.717) is 17.5 Å². The fraction of sp³-hybridized carbons (Fsp3) is 0.700. The summed E-state index contributed by atoms with van der Waals surface area (Å²) >= 11 is 1.27. The van der Waals surface area contributed by atoms with Gasteiger partial charge in [0.25, 0.3) is 0 Å². The number of H-pyrrole nitrogens is 1. The monoisotopic (exact) mass is 271 g/mol. The first-order valence-corrected chi connectivity index (χ1v) is 6.59. The topological polar surface area (TPSA) is 97.1 Å². The fourth-order valence-corrected chi connectivity index (χ4v) is 2.51. The Hall–Kier alpha value is -1.28. The van der Waals surface area contributed by atoms with Crippen LogP contribution in [0.15, 0.2) is 5.16 Å². The largest absolute Gasteiger partial charge is 0.380 e. The summed E-state index contributed by atoms with van der Waals surface area (Å²) in [7, 11) is 1.80. The predicted molar refractivity (Wildman–Crippen MR) is 68.1 cm³/mol. The molecule has 18 heavy (non-hydrogen) atoms. The third kappa shape index (κ3) is 3.14. The van der Waals surface area contributed by atoms with Crippen molar-refractivity contribution < 1.29 is 9.53 Å². The third-order valence-electron chi connectivity index (χ3n) is 2.75. The lowest BCUT2D eigenvalue weighted by Gasteiger charge is -2.40. The molecule has 1 saturated heterocycles. The number of aromatic amines is 1. The lowest BCUT2D eigenvalue weighted by molar-refractivity contribution is -0.139. The fourth-order valence-electron chi connectivity index (χ4n) is 1.76. The first kappa shape index (κ1) is 13.2. The smallest absolute Gasteiger partial charge is 0.232 e. The molecule has 1 aliphatic rings. The van der Waals surface area contributed by atoms with Gasteiger partial charge in [-0.05, 0) is 0 Å². The van der Waals surface area contributed by atoms with Crippen molar-refractivity contribution in [2.45, 2.75) is 12.1 Å². The molecule has 7 nitrogen and oxygen atoms in total. The van der Waals surface area contributed by atoms with Crippen LogP contribution in [0.2, 0.25) is 0 Å². The Morgan fingerprint density at radius 3 is 2.89 bits per heavy atom. The normalized spacial score (nSPS) is 17.2. The summed E-state index contributed by atoms with van der Waals surface area (Å²) < 4.78 is 5.17. The maximum Gasteiger partial charge on any atom is 0.232 e. The van der Waals surface area contributed by atoms with Crippen molar-refractivity contribution in [1.29, 1.82) is 0 Å². The van der Waals surface area contributed by atoms with Crippen LogP contribution >= 0.6 is 11.8 Å². The van der Waals surface area contributed by atoms with Crippen molar-refractivity contribution in [3.8, 4) is 0 Å². The van der Waals surface area contributed by atoms with Gasteiger partial charge in [0.1, 0.15) is 0 Å². The number of hydrogen-bond acceptors (Lipinski definition) is 6. The zero-order chi connectivity index (χ0) is 13.2. The molecule has 0 bridgehead atoms. The highest BCUT2D eigenvalue weighted by atomic mass is 32.2. The summed E-state index contributed by atoms with van der Waals surface area (Å²) in [6.07, 6.45) is 0. The number of nitrogens with zero attached hydrogens (tertiary/aromatic N) is 3. The number of rotatable bonds is 5. The lowest BCUT2D eigenvalue weighted by atomic mass is 9.88. The average Bonchev–Trinajstić information content (AvgIpc) is 2.69. The van der Waals surface area contributed by atoms with Gasteiger partial charge >= 0.3 is 0 Å². The number of anilines is 1. The minimum atomic E-state index is 0.0523. The van der Waals surface area contributed by atoms with Gasteiger partial charge in [-0.3, -0.25) is 4.79 Å². The minimum absolute atomic E-state index is 0.0523. The van der Waals surface area contributed by atoms with Crippen molar-refractivity contribution in [3.63, 3.8) is 0 Å². The van der Waals surface area contributed by atoms with E-state index in [1.54, 1.807) is 11.9 Å². The Kier molecular flexibility index (Phi) is 3.76. The Morgan fingerprint density at radius 2 is 2.39 bits per heavy atom. The van der Waals surface area contributed by atoms with E-state index < -0.39 is 0 Å². The van der Waals surface area contributed by atoms with Crippen LogP contribution < -0.4 is 5.73 Å². The number of thioether (sulfide) groups is 1. The molecular weight excluding hydrogens is 254 g/mol. The summed E-state index contributed by atoms with van der Waals surface area (Å²) in [6, 6.07) is 0. The highest BCUT2D eigenvalue weighted by Gasteiger charge is 2.35. The molecule has 8 heteroatoms. The molecule has 1 amide bonds. The van der Waals surface area contributed by atoms with Gasteiger partial charge < -0.3 is 15.4 Å². The van der Waals surface area contributed by atoms with Gasteiger partial charge in [0.2, 0.25) is 17.0 Å². The second kappa shape index (κ2) is 5.15. The van der Waals surface area contributed by atoms with E-state index in [9.17, 15) is 4.79 Å². The molecule has 0 atom stereocenters. The number of carbonyl (C=O) groups is 1. The van der Waals surface area contributed by atoms with E-state index in [-0.39, 0.29) is 17.3 Å². The molecule has 0 spiro atoms. The van der Waals surface area contributed by atoms with Crippen molar-refractivity contribution in [2.24, 2.45) is 5.41 Å². The number of hydrogen-bond donors (Lipinski definition) is 2. The van der Waals surface area contributed by atoms with Gasteiger partial charge in [0, 0.05) is 19.0 Å². The zero-order valence-corrected chi connectivity index (χ0v) is 11.3. The third-order valence-corrected chi connectivity index (χ3v) is 3.58. The van der Waals surface area contributed by atoms with E-state index >= 15 is 0 Å². The van der Waals surface area contributed by atoms with Gasteiger partial charge in [0.15, 0.2) is 0 Å².